The quantitative estimate of drug-likeness (QED) is 0.0997. The van der Waals surface area contributed by atoms with Crippen molar-refractivity contribution in [3.05, 3.63) is 12.2 Å². The van der Waals surface area contributed by atoms with Crippen molar-refractivity contribution in [1.82, 2.24) is 0 Å². The van der Waals surface area contributed by atoms with Crippen LogP contribution in [0.2, 0.25) is 0 Å². The summed E-state index contributed by atoms with van der Waals surface area (Å²) in [5.74, 6) is -1.69. The first-order valence-corrected chi connectivity index (χ1v) is 11.1. The topological polar surface area (TPSA) is 149 Å². The van der Waals surface area contributed by atoms with Gasteiger partial charge in [-0.15, -0.1) is 0 Å². The van der Waals surface area contributed by atoms with Gasteiger partial charge < -0.3 is 18.9 Å². The van der Waals surface area contributed by atoms with E-state index < -0.39 is 62.4 Å². The molecule has 4 rings (SSSR count). The summed E-state index contributed by atoms with van der Waals surface area (Å²) in [6, 6.07) is 0. The van der Waals surface area contributed by atoms with Crippen molar-refractivity contribution < 1.29 is 50.7 Å². The van der Waals surface area contributed by atoms with Crippen molar-refractivity contribution in [2.75, 3.05) is 19.8 Å². The fourth-order valence-corrected chi connectivity index (χ4v) is 8.59. The number of hydrogen-bond acceptors (Lipinski definition) is 11. The molecule has 1 heterocycles. The van der Waals surface area contributed by atoms with Crippen molar-refractivity contribution >= 4 is 35.0 Å². The van der Waals surface area contributed by atoms with E-state index in [0.717, 1.165) is 0 Å². The molecule has 31 heavy (non-hydrogen) atoms. The lowest BCUT2D eigenvalue weighted by Gasteiger charge is -2.41. The van der Waals surface area contributed by atoms with Crippen molar-refractivity contribution in [1.29, 1.82) is 0 Å². The number of fused-ring (bicyclic) bond motifs is 2. The summed E-state index contributed by atoms with van der Waals surface area (Å²) >= 11 is 0. The van der Waals surface area contributed by atoms with Gasteiger partial charge in [0.15, 0.2) is 6.61 Å². The summed E-state index contributed by atoms with van der Waals surface area (Å²) in [5, 5.41) is -1.15. The third kappa shape index (κ3) is 2.84. The molecule has 1 spiro atoms. The molecule has 0 aromatic heterocycles. The second-order valence-electron chi connectivity index (χ2n) is 8.69. The van der Waals surface area contributed by atoms with E-state index >= 15 is 0 Å². The van der Waals surface area contributed by atoms with E-state index in [2.05, 4.69) is 6.58 Å². The van der Waals surface area contributed by atoms with Crippen LogP contribution in [0.15, 0.2) is 12.2 Å². The minimum Gasteiger partial charge on any atom is -0.468 e. The second kappa shape index (κ2) is 7.02. The lowest BCUT2D eigenvalue weighted by atomic mass is 9.74. The molecule has 4 aliphatic rings. The maximum absolute atomic E-state index is 12.8. The predicted molar refractivity (Wildman–Crippen MR) is 98.4 cm³/mol. The first-order chi connectivity index (χ1) is 14.6. The number of rotatable bonds is 11. The Hall–Kier alpha value is -2.47. The zero-order valence-electron chi connectivity index (χ0n) is 16.7. The molecule has 4 fully saturated rings. The largest absolute Gasteiger partial charge is 0.468 e. The Morgan fingerprint density at radius 1 is 1.19 bits per heavy atom. The van der Waals surface area contributed by atoms with Gasteiger partial charge in [0.25, 0.3) is 23.1 Å². The van der Waals surface area contributed by atoms with Crippen molar-refractivity contribution in [3.8, 4) is 0 Å². The molecule has 3 aliphatic carbocycles. The Kier molecular flexibility index (Phi) is 4.93. The van der Waals surface area contributed by atoms with Gasteiger partial charge in [-0.25, -0.2) is 9.59 Å². The van der Waals surface area contributed by atoms with Gasteiger partial charge in [0.1, 0.15) is 11.4 Å². The standard InChI is InChI=1S/C19H22O11S/c1-11(2)15(23)28-5-12(22)29-13-14-19-7-17(13,3-4-26-9-20)6-18(19,8-27-10-21)16(19)30-31(14,24)25/h9-10,13-14,16H,1,3-8H2,2H3. The van der Waals surface area contributed by atoms with E-state index in [1.54, 1.807) is 0 Å². The Bertz CT molecular complexity index is 958. The van der Waals surface area contributed by atoms with Crippen LogP contribution in [0.1, 0.15) is 26.2 Å². The highest BCUT2D eigenvalue weighted by atomic mass is 32.2. The Morgan fingerprint density at radius 2 is 1.90 bits per heavy atom. The molecule has 3 saturated carbocycles. The third-order valence-electron chi connectivity index (χ3n) is 7.18. The van der Waals surface area contributed by atoms with Gasteiger partial charge in [-0.1, -0.05) is 6.58 Å². The van der Waals surface area contributed by atoms with E-state index in [0.29, 0.717) is 19.3 Å². The van der Waals surface area contributed by atoms with Crippen LogP contribution in [0.5, 0.6) is 0 Å². The van der Waals surface area contributed by atoms with E-state index in [1.165, 1.54) is 6.92 Å². The Balaban J connectivity index is 1.60. The normalized spacial score (nSPS) is 39.8. The summed E-state index contributed by atoms with van der Waals surface area (Å²) in [6.07, 6.45) is -0.780. The van der Waals surface area contributed by atoms with Crippen LogP contribution in [0.3, 0.4) is 0 Å². The maximum atomic E-state index is 12.8. The first-order valence-electron chi connectivity index (χ1n) is 9.65. The highest BCUT2D eigenvalue weighted by Crippen LogP contribution is 2.89. The van der Waals surface area contributed by atoms with Crippen LogP contribution in [0.4, 0.5) is 0 Å². The second-order valence-corrected chi connectivity index (χ2v) is 10.4. The molecule has 0 amide bonds. The minimum atomic E-state index is -4.06. The average molecular weight is 458 g/mol. The van der Waals surface area contributed by atoms with E-state index in [1.807, 2.05) is 0 Å². The molecule has 0 N–H and O–H groups in total. The van der Waals surface area contributed by atoms with Gasteiger partial charge in [-0.2, -0.15) is 8.42 Å². The Morgan fingerprint density at radius 3 is 2.55 bits per heavy atom. The van der Waals surface area contributed by atoms with Gasteiger partial charge in [0.05, 0.1) is 19.3 Å². The molecule has 11 nitrogen and oxygen atoms in total. The lowest BCUT2D eigenvalue weighted by molar-refractivity contribution is -0.167. The van der Waals surface area contributed by atoms with Crippen molar-refractivity contribution in [2.45, 2.75) is 43.6 Å². The number of carbonyl (C=O) groups excluding carboxylic acids is 4. The summed E-state index contributed by atoms with van der Waals surface area (Å²) in [4.78, 5) is 45.3. The molecule has 12 heteroatoms. The maximum Gasteiger partial charge on any atom is 0.344 e. The average Bonchev–Trinajstić information content (AvgIpc) is 2.98. The van der Waals surface area contributed by atoms with Crippen molar-refractivity contribution in [3.63, 3.8) is 0 Å². The van der Waals surface area contributed by atoms with Crippen LogP contribution in [-0.4, -0.2) is 70.6 Å². The molecule has 6 unspecified atom stereocenters. The highest BCUT2D eigenvalue weighted by molar-refractivity contribution is 7.87. The van der Waals surface area contributed by atoms with Gasteiger partial charge in [-0.05, 0) is 26.2 Å². The lowest BCUT2D eigenvalue weighted by Crippen LogP contribution is -2.51. The van der Waals surface area contributed by atoms with Crippen LogP contribution in [0.25, 0.3) is 0 Å². The Labute approximate surface area is 178 Å². The van der Waals surface area contributed by atoms with Crippen LogP contribution < -0.4 is 0 Å². The van der Waals surface area contributed by atoms with Crippen LogP contribution in [-0.2, 0) is 52.4 Å². The molecule has 6 atom stereocenters. The van der Waals surface area contributed by atoms with Gasteiger partial charge in [-0.3, -0.25) is 13.8 Å². The summed E-state index contributed by atoms with van der Waals surface area (Å²) in [7, 11) is -4.06. The molecule has 0 aromatic carbocycles. The number of esters is 2. The molecule has 0 radical (unpaired) electrons. The third-order valence-corrected chi connectivity index (χ3v) is 8.93. The van der Waals surface area contributed by atoms with Gasteiger partial charge in [0, 0.05) is 21.8 Å². The number of hydrogen-bond donors (Lipinski definition) is 0. The minimum absolute atomic E-state index is 0.00117. The summed E-state index contributed by atoms with van der Waals surface area (Å²) in [6.45, 7) is 4.70. The molecular formula is C19H22O11S. The fraction of sp³-hybridized carbons (Fsp3) is 0.684. The highest BCUT2D eigenvalue weighted by Gasteiger charge is 2.98. The molecule has 2 bridgehead atoms. The zero-order valence-corrected chi connectivity index (χ0v) is 17.6. The molecule has 0 aromatic rings. The van der Waals surface area contributed by atoms with E-state index in [9.17, 15) is 27.6 Å². The smallest absolute Gasteiger partial charge is 0.344 e. The monoisotopic (exact) mass is 458 g/mol. The van der Waals surface area contributed by atoms with E-state index in [4.69, 9.17) is 23.1 Å². The first kappa shape index (κ1) is 21.8. The van der Waals surface area contributed by atoms with Crippen LogP contribution in [0, 0.1) is 16.2 Å². The SMILES string of the molecule is C=C(C)C(=O)OCC(=O)OC1C2C34CC1(CCOC=O)CC3(COC=O)C4OS2(=O)=O. The predicted octanol–water partition coefficient (Wildman–Crippen LogP) is -0.369. The molecular weight excluding hydrogens is 436 g/mol. The summed E-state index contributed by atoms with van der Waals surface area (Å²) < 4.78 is 51.1. The van der Waals surface area contributed by atoms with Gasteiger partial charge >= 0.3 is 11.9 Å². The molecule has 170 valence electrons. The van der Waals surface area contributed by atoms with Crippen LogP contribution >= 0.6 is 0 Å². The molecule has 1 aliphatic heterocycles. The van der Waals surface area contributed by atoms with Gasteiger partial charge in [0.2, 0.25) is 0 Å². The van der Waals surface area contributed by atoms with Crippen molar-refractivity contribution in [2.24, 2.45) is 16.2 Å². The number of carbonyl (C=O) groups is 4. The zero-order chi connectivity index (χ0) is 22.7. The molecule has 1 saturated heterocycles. The summed E-state index contributed by atoms with van der Waals surface area (Å²) in [5.41, 5.74) is -2.27. The fourth-order valence-electron chi connectivity index (χ4n) is 6.24. The number of ether oxygens (including phenoxy) is 4. The van der Waals surface area contributed by atoms with E-state index in [-0.39, 0.29) is 31.7 Å².